The number of rotatable bonds is 5. The Kier molecular flexibility index (Phi) is 3.71. The first-order valence-electron chi connectivity index (χ1n) is 7.78. The van der Waals surface area contributed by atoms with Crippen LogP contribution in [0.3, 0.4) is 0 Å². The smallest absolute Gasteiger partial charge is 0.0346 e. The lowest BCUT2D eigenvalue weighted by molar-refractivity contribution is 0.457. The summed E-state index contributed by atoms with van der Waals surface area (Å²) < 4.78 is 0. The normalized spacial score (nSPS) is 19.6. The lowest BCUT2D eigenvalue weighted by atomic mass is 10.0. The highest BCUT2D eigenvalue weighted by atomic mass is 32.1. The van der Waals surface area contributed by atoms with Gasteiger partial charge in [0.25, 0.3) is 0 Å². The molecule has 1 aliphatic rings. The van der Waals surface area contributed by atoms with Crippen LogP contribution in [0.5, 0.6) is 0 Å². The molecule has 1 fully saturated rings. The molecule has 2 aromatic rings. The molecule has 1 aromatic heterocycles. The minimum Gasteiger partial charge on any atom is -0.312 e. The zero-order valence-electron chi connectivity index (χ0n) is 13.4. The Morgan fingerprint density at radius 2 is 1.62 bits per heavy atom. The van der Waals surface area contributed by atoms with Crippen LogP contribution in [0.25, 0.3) is 10.4 Å². The third-order valence-corrected chi connectivity index (χ3v) is 6.82. The van der Waals surface area contributed by atoms with E-state index in [-0.39, 0.29) is 0 Å². The summed E-state index contributed by atoms with van der Waals surface area (Å²) in [5.41, 5.74) is 2.27. The molecule has 1 nitrogen and oxygen atoms in total. The number of hydrogen-bond acceptors (Lipinski definition) is 2. The topological polar surface area (TPSA) is 12.0 Å². The van der Waals surface area contributed by atoms with Gasteiger partial charge in [0, 0.05) is 16.3 Å². The van der Waals surface area contributed by atoms with Crippen LogP contribution in [0, 0.1) is 16.7 Å². The van der Waals surface area contributed by atoms with E-state index in [0.717, 1.165) is 19.0 Å². The van der Waals surface area contributed by atoms with Gasteiger partial charge in [-0.1, -0.05) is 58.0 Å². The Morgan fingerprint density at radius 1 is 0.952 bits per heavy atom. The molecule has 21 heavy (non-hydrogen) atoms. The average Bonchev–Trinajstić information content (AvgIpc) is 2.83. The van der Waals surface area contributed by atoms with Gasteiger partial charge in [-0.2, -0.15) is 0 Å². The maximum absolute atomic E-state index is 3.65. The lowest BCUT2D eigenvalue weighted by Crippen LogP contribution is -2.18. The molecule has 1 aromatic carbocycles. The first kappa shape index (κ1) is 14.8. The van der Waals surface area contributed by atoms with Gasteiger partial charge in [-0.3, -0.25) is 0 Å². The van der Waals surface area contributed by atoms with Crippen LogP contribution in [0.1, 0.15) is 32.6 Å². The molecule has 0 saturated heterocycles. The summed E-state index contributed by atoms with van der Waals surface area (Å²) in [7, 11) is 0. The Labute approximate surface area is 132 Å². The van der Waals surface area contributed by atoms with Crippen LogP contribution >= 0.6 is 11.3 Å². The van der Waals surface area contributed by atoms with E-state index >= 15 is 0 Å². The van der Waals surface area contributed by atoms with E-state index in [1.807, 2.05) is 11.3 Å². The summed E-state index contributed by atoms with van der Waals surface area (Å²) in [6, 6.07) is 15.1. The molecule has 1 saturated carbocycles. The molecular weight excluding hydrogens is 274 g/mol. The molecule has 0 amide bonds. The second kappa shape index (κ2) is 5.26. The van der Waals surface area contributed by atoms with E-state index in [0.29, 0.717) is 10.8 Å². The van der Waals surface area contributed by atoms with Crippen molar-refractivity contribution in [3.63, 3.8) is 0 Å². The lowest BCUT2D eigenvalue weighted by Gasteiger charge is -2.04. The first-order chi connectivity index (χ1) is 9.93. The largest absolute Gasteiger partial charge is 0.312 e. The maximum atomic E-state index is 3.65. The van der Waals surface area contributed by atoms with E-state index < -0.39 is 0 Å². The van der Waals surface area contributed by atoms with Gasteiger partial charge >= 0.3 is 0 Å². The Bertz CT molecular complexity index is 596. The summed E-state index contributed by atoms with van der Waals surface area (Å²) in [5.74, 6) is 0.790. The fourth-order valence-electron chi connectivity index (χ4n) is 3.41. The molecule has 0 radical (unpaired) electrons. The first-order valence-corrected chi connectivity index (χ1v) is 8.59. The molecule has 112 valence electrons. The van der Waals surface area contributed by atoms with Crippen molar-refractivity contribution >= 4 is 11.3 Å². The van der Waals surface area contributed by atoms with Crippen molar-refractivity contribution in [2.24, 2.45) is 16.7 Å². The quantitative estimate of drug-likeness (QED) is 0.801. The molecule has 0 unspecified atom stereocenters. The Morgan fingerprint density at radius 3 is 2.24 bits per heavy atom. The molecule has 2 heteroatoms. The van der Waals surface area contributed by atoms with Gasteiger partial charge in [0.1, 0.15) is 0 Å². The van der Waals surface area contributed by atoms with Crippen molar-refractivity contribution in [3.05, 3.63) is 47.3 Å². The second-order valence-electron chi connectivity index (χ2n) is 7.26. The average molecular weight is 299 g/mol. The van der Waals surface area contributed by atoms with Crippen LogP contribution < -0.4 is 5.32 Å². The molecule has 0 spiro atoms. The Balaban J connectivity index is 1.55. The third kappa shape index (κ3) is 2.67. The van der Waals surface area contributed by atoms with E-state index in [9.17, 15) is 0 Å². The van der Waals surface area contributed by atoms with Crippen LogP contribution in [0.2, 0.25) is 0 Å². The summed E-state index contributed by atoms with van der Waals surface area (Å²) in [6.45, 7) is 11.7. The van der Waals surface area contributed by atoms with Crippen molar-refractivity contribution in [1.82, 2.24) is 5.32 Å². The van der Waals surface area contributed by atoms with E-state index in [2.05, 4.69) is 75.5 Å². The summed E-state index contributed by atoms with van der Waals surface area (Å²) in [6.07, 6.45) is 0. The molecule has 3 rings (SSSR count). The van der Waals surface area contributed by atoms with E-state index in [1.165, 1.54) is 15.3 Å². The zero-order chi connectivity index (χ0) is 15.1. The van der Waals surface area contributed by atoms with Crippen LogP contribution in [0.15, 0.2) is 42.5 Å². The number of benzene rings is 1. The zero-order valence-corrected chi connectivity index (χ0v) is 14.3. The van der Waals surface area contributed by atoms with Gasteiger partial charge in [-0.05, 0) is 41.0 Å². The molecule has 0 aliphatic heterocycles. The fourth-order valence-corrected chi connectivity index (χ4v) is 4.40. The van der Waals surface area contributed by atoms with Gasteiger partial charge in [-0.15, -0.1) is 11.3 Å². The monoisotopic (exact) mass is 299 g/mol. The van der Waals surface area contributed by atoms with E-state index in [4.69, 9.17) is 0 Å². The Hall–Kier alpha value is -1.12. The summed E-state index contributed by atoms with van der Waals surface area (Å²) in [4.78, 5) is 2.78. The maximum Gasteiger partial charge on any atom is 0.0346 e. The molecule has 1 heterocycles. The minimum absolute atomic E-state index is 0.477. The molecule has 0 bridgehead atoms. The molecular formula is C19H25NS. The molecule has 1 N–H and O–H groups in total. The number of hydrogen-bond donors (Lipinski definition) is 1. The van der Waals surface area contributed by atoms with Gasteiger partial charge in [0.15, 0.2) is 0 Å². The number of thiophene rings is 1. The van der Waals surface area contributed by atoms with Crippen LogP contribution in [0.4, 0.5) is 0 Å². The highest BCUT2D eigenvalue weighted by molar-refractivity contribution is 7.15. The summed E-state index contributed by atoms with van der Waals surface area (Å²) >= 11 is 1.90. The highest BCUT2D eigenvalue weighted by Gasteiger charge is 2.63. The second-order valence-corrected chi connectivity index (χ2v) is 8.43. The predicted octanol–water partition coefficient (Wildman–Crippen LogP) is 5.19. The van der Waals surface area contributed by atoms with Crippen molar-refractivity contribution in [2.75, 3.05) is 6.54 Å². The molecule has 0 atom stereocenters. The van der Waals surface area contributed by atoms with Gasteiger partial charge in [0.05, 0.1) is 0 Å². The summed E-state index contributed by atoms with van der Waals surface area (Å²) in [5, 5.41) is 3.65. The van der Waals surface area contributed by atoms with Crippen molar-refractivity contribution < 1.29 is 0 Å². The predicted molar refractivity (Wildman–Crippen MR) is 92.5 cm³/mol. The van der Waals surface area contributed by atoms with E-state index in [1.54, 1.807) is 0 Å². The van der Waals surface area contributed by atoms with Crippen molar-refractivity contribution in [2.45, 2.75) is 34.2 Å². The number of nitrogens with one attached hydrogen (secondary N) is 1. The van der Waals surface area contributed by atoms with Gasteiger partial charge < -0.3 is 5.32 Å². The van der Waals surface area contributed by atoms with Crippen molar-refractivity contribution in [3.8, 4) is 10.4 Å². The minimum atomic E-state index is 0.477. The van der Waals surface area contributed by atoms with Crippen molar-refractivity contribution in [1.29, 1.82) is 0 Å². The van der Waals surface area contributed by atoms with Gasteiger partial charge in [-0.25, -0.2) is 0 Å². The highest BCUT2D eigenvalue weighted by Crippen LogP contribution is 2.67. The standard InChI is InChI=1S/C19H25NS/c1-18(2)17(19(18,3)4)13-20-12-15-10-11-16(21-15)14-8-6-5-7-9-14/h5-11,17,20H,12-13H2,1-4H3. The third-order valence-electron chi connectivity index (χ3n) is 5.69. The van der Waals surface area contributed by atoms with Crippen LogP contribution in [-0.4, -0.2) is 6.54 Å². The molecule has 1 aliphatic carbocycles. The SMILES string of the molecule is CC1(C)C(CNCc2ccc(-c3ccccc3)s2)C1(C)C. The van der Waals surface area contributed by atoms with Gasteiger partial charge in [0.2, 0.25) is 0 Å². The fraction of sp³-hybridized carbons (Fsp3) is 0.474. The van der Waals surface area contributed by atoms with Crippen LogP contribution in [-0.2, 0) is 6.54 Å².